The molecule has 30 heavy (non-hydrogen) atoms. The Hall–Kier alpha value is -2.81. The highest BCUT2D eigenvalue weighted by Gasteiger charge is 2.33. The molecule has 3 N–H and O–H groups in total. The predicted molar refractivity (Wildman–Crippen MR) is 108 cm³/mol. The van der Waals surface area contributed by atoms with E-state index >= 15 is 0 Å². The fraction of sp³-hybridized carbons (Fsp3) is 0.238. The average molecular weight is 434 g/mol. The SMILES string of the molecule is CN(C(=O)C(N)c1cccc(Cl)c1)[C@H]1COCc2[nH]c(=O)c3cc(F)c(F)cc3c21. The molecule has 1 amide bonds. The molecule has 0 spiro atoms. The van der Waals surface area contributed by atoms with Gasteiger partial charge in [0.1, 0.15) is 6.04 Å². The number of hydrogen-bond acceptors (Lipinski definition) is 4. The van der Waals surface area contributed by atoms with Crippen molar-refractivity contribution in [2.45, 2.75) is 18.7 Å². The minimum atomic E-state index is -1.12. The van der Waals surface area contributed by atoms with Crippen molar-refractivity contribution in [1.82, 2.24) is 9.88 Å². The lowest BCUT2D eigenvalue weighted by atomic mass is 9.94. The van der Waals surface area contributed by atoms with E-state index in [1.807, 2.05) is 0 Å². The fourth-order valence-electron chi connectivity index (χ4n) is 3.76. The predicted octanol–water partition coefficient (Wildman–Crippen LogP) is 3.19. The number of rotatable bonds is 3. The van der Waals surface area contributed by atoms with Gasteiger partial charge in [0.15, 0.2) is 11.6 Å². The first-order valence-electron chi connectivity index (χ1n) is 9.17. The number of hydrogen-bond donors (Lipinski definition) is 2. The van der Waals surface area contributed by atoms with Crippen molar-refractivity contribution in [3.63, 3.8) is 0 Å². The Morgan fingerprint density at radius 1 is 1.27 bits per heavy atom. The number of aromatic nitrogens is 1. The first kappa shape index (κ1) is 20.5. The zero-order valence-electron chi connectivity index (χ0n) is 15.9. The number of halogens is 3. The molecule has 0 bridgehead atoms. The number of carbonyl (C=O) groups excluding carboxylic acids is 1. The number of nitrogens with two attached hydrogens (primary N) is 1. The van der Waals surface area contributed by atoms with E-state index in [-0.39, 0.29) is 24.0 Å². The second kappa shape index (κ2) is 7.79. The van der Waals surface area contributed by atoms with Crippen LogP contribution in [-0.4, -0.2) is 29.4 Å². The zero-order chi connectivity index (χ0) is 21.6. The molecule has 2 heterocycles. The standard InChI is InChI=1S/C21H18ClF2N3O3/c1-27(21(29)19(25)10-3-2-4-11(22)5-10)17-9-30-8-16-18(17)12-6-14(23)15(24)7-13(12)20(28)26-16/h2-7,17,19H,8-9,25H2,1H3,(H,26,28)/t17-,19?/m0/s1. The molecule has 2 atom stereocenters. The molecule has 6 nitrogen and oxygen atoms in total. The van der Waals surface area contributed by atoms with E-state index in [9.17, 15) is 18.4 Å². The Bertz CT molecular complexity index is 1210. The fourth-order valence-corrected chi connectivity index (χ4v) is 3.96. The summed E-state index contributed by atoms with van der Waals surface area (Å²) in [7, 11) is 1.55. The van der Waals surface area contributed by atoms with E-state index in [2.05, 4.69) is 4.98 Å². The molecule has 1 aliphatic rings. The van der Waals surface area contributed by atoms with Gasteiger partial charge in [-0.05, 0) is 35.2 Å². The summed E-state index contributed by atoms with van der Waals surface area (Å²) in [5.74, 6) is -2.62. The first-order chi connectivity index (χ1) is 14.3. The van der Waals surface area contributed by atoms with Gasteiger partial charge in [-0.15, -0.1) is 0 Å². The van der Waals surface area contributed by atoms with E-state index in [4.69, 9.17) is 22.1 Å². The van der Waals surface area contributed by atoms with E-state index in [1.54, 1.807) is 31.3 Å². The summed E-state index contributed by atoms with van der Waals surface area (Å²) in [4.78, 5) is 29.5. The summed E-state index contributed by atoms with van der Waals surface area (Å²) in [5.41, 5.74) is 7.05. The molecule has 2 aromatic carbocycles. The molecule has 156 valence electrons. The lowest BCUT2D eigenvalue weighted by Crippen LogP contribution is -2.42. The molecule has 4 rings (SSSR count). The highest BCUT2D eigenvalue weighted by atomic mass is 35.5. The molecule has 0 aliphatic carbocycles. The maximum atomic E-state index is 14.0. The highest BCUT2D eigenvalue weighted by molar-refractivity contribution is 6.30. The van der Waals surface area contributed by atoms with E-state index in [1.165, 1.54) is 4.90 Å². The zero-order valence-corrected chi connectivity index (χ0v) is 16.7. The number of likely N-dealkylation sites (N-methyl/N-ethyl adjacent to an activating group) is 1. The molecule has 9 heteroatoms. The molecule has 0 saturated heterocycles. The topological polar surface area (TPSA) is 88.4 Å². The van der Waals surface area contributed by atoms with Crippen LogP contribution in [0.4, 0.5) is 8.78 Å². The second-order valence-corrected chi connectivity index (χ2v) is 7.61. The normalized spacial score (nSPS) is 16.9. The van der Waals surface area contributed by atoms with Crippen molar-refractivity contribution in [2.75, 3.05) is 13.7 Å². The molecule has 0 radical (unpaired) electrons. The molecule has 3 aromatic rings. The molecule has 1 aromatic heterocycles. The van der Waals surface area contributed by atoms with Crippen molar-refractivity contribution < 1.29 is 18.3 Å². The van der Waals surface area contributed by atoms with Gasteiger partial charge in [0, 0.05) is 23.3 Å². The van der Waals surface area contributed by atoms with Crippen molar-refractivity contribution in [3.8, 4) is 0 Å². The van der Waals surface area contributed by atoms with Crippen LogP contribution in [0.3, 0.4) is 0 Å². The monoisotopic (exact) mass is 433 g/mol. The number of aromatic amines is 1. The van der Waals surface area contributed by atoms with Crippen LogP contribution in [0.25, 0.3) is 10.8 Å². The third-order valence-electron chi connectivity index (χ3n) is 5.33. The van der Waals surface area contributed by atoms with Crippen LogP contribution in [0.5, 0.6) is 0 Å². The van der Waals surface area contributed by atoms with Crippen molar-refractivity contribution in [1.29, 1.82) is 0 Å². The van der Waals surface area contributed by atoms with Crippen molar-refractivity contribution in [3.05, 3.63) is 80.2 Å². The number of ether oxygens (including phenoxy) is 1. The van der Waals surface area contributed by atoms with Gasteiger partial charge < -0.3 is 20.4 Å². The van der Waals surface area contributed by atoms with Gasteiger partial charge >= 0.3 is 0 Å². The van der Waals surface area contributed by atoms with Gasteiger partial charge in [-0.3, -0.25) is 9.59 Å². The van der Waals surface area contributed by atoms with Gasteiger partial charge in [-0.25, -0.2) is 8.78 Å². The first-order valence-corrected chi connectivity index (χ1v) is 9.55. The smallest absolute Gasteiger partial charge is 0.256 e. The number of nitrogens with one attached hydrogen (secondary N) is 1. The Kier molecular flexibility index (Phi) is 5.31. The van der Waals surface area contributed by atoms with Gasteiger partial charge in [-0.2, -0.15) is 0 Å². The van der Waals surface area contributed by atoms with Crippen LogP contribution in [0, 0.1) is 11.6 Å². The summed E-state index contributed by atoms with van der Waals surface area (Å²) in [6.45, 7) is 0.191. The van der Waals surface area contributed by atoms with Gasteiger partial charge in [-0.1, -0.05) is 23.7 Å². The van der Waals surface area contributed by atoms with Crippen LogP contribution in [0.1, 0.15) is 28.9 Å². The number of carbonyl (C=O) groups is 1. The second-order valence-electron chi connectivity index (χ2n) is 7.17. The van der Waals surface area contributed by atoms with Crippen LogP contribution in [-0.2, 0) is 16.1 Å². The number of pyridine rings is 1. The minimum absolute atomic E-state index is 0.000427. The average Bonchev–Trinajstić information content (AvgIpc) is 2.73. The number of fused-ring (bicyclic) bond motifs is 3. The van der Waals surface area contributed by atoms with Crippen LogP contribution in [0.2, 0.25) is 5.02 Å². The van der Waals surface area contributed by atoms with Crippen molar-refractivity contribution >= 4 is 28.3 Å². The van der Waals surface area contributed by atoms with Crippen molar-refractivity contribution in [2.24, 2.45) is 5.73 Å². The maximum absolute atomic E-state index is 14.0. The van der Waals surface area contributed by atoms with E-state index in [0.717, 1.165) is 12.1 Å². The molecule has 1 aliphatic heterocycles. The lowest BCUT2D eigenvalue weighted by Gasteiger charge is -2.35. The summed E-state index contributed by atoms with van der Waals surface area (Å²) >= 11 is 6.00. The Labute approximate surface area is 175 Å². The summed E-state index contributed by atoms with van der Waals surface area (Å²) in [6, 6.07) is 6.86. The van der Waals surface area contributed by atoms with Gasteiger partial charge in [0.2, 0.25) is 5.91 Å². The van der Waals surface area contributed by atoms with Gasteiger partial charge in [0.05, 0.1) is 24.6 Å². The number of amides is 1. The molecular weight excluding hydrogens is 416 g/mol. The number of nitrogens with zero attached hydrogens (tertiary/aromatic N) is 1. The highest BCUT2D eigenvalue weighted by Crippen LogP contribution is 2.34. The minimum Gasteiger partial charge on any atom is -0.373 e. The number of benzene rings is 2. The Morgan fingerprint density at radius 3 is 2.67 bits per heavy atom. The van der Waals surface area contributed by atoms with E-state index < -0.39 is 35.2 Å². The summed E-state index contributed by atoms with van der Waals surface area (Å²) in [5, 5.41) is 0.683. The Balaban J connectivity index is 1.78. The Morgan fingerprint density at radius 2 is 1.97 bits per heavy atom. The largest absolute Gasteiger partial charge is 0.373 e. The number of H-pyrrole nitrogens is 1. The maximum Gasteiger partial charge on any atom is 0.256 e. The van der Waals surface area contributed by atoms with Crippen LogP contribution >= 0.6 is 11.6 Å². The molecule has 0 saturated carbocycles. The van der Waals surface area contributed by atoms with E-state index in [0.29, 0.717) is 21.8 Å². The van der Waals surface area contributed by atoms with Crippen LogP contribution < -0.4 is 11.3 Å². The lowest BCUT2D eigenvalue weighted by molar-refractivity contribution is -0.135. The summed E-state index contributed by atoms with van der Waals surface area (Å²) in [6.07, 6.45) is 0. The quantitative estimate of drug-likeness (QED) is 0.664. The third kappa shape index (κ3) is 3.47. The molecular formula is C21H18ClF2N3O3. The van der Waals surface area contributed by atoms with Crippen LogP contribution in [0.15, 0.2) is 41.2 Å². The van der Waals surface area contributed by atoms with Gasteiger partial charge in [0.25, 0.3) is 5.56 Å². The third-order valence-corrected chi connectivity index (χ3v) is 5.56. The summed E-state index contributed by atoms with van der Waals surface area (Å²) < 4.78 is 33.3. The molecule has 0 fully saturated rings. The molecule has 1 unspecified atom stereocenters.